The van der Waals surface area contributed by atoms with Gasteiger partial charge in [0.2, 0.25) is 0 Å². The van der Waals surface area contributed by atoms with E-state index < -0.39 is 0 Å². The molecule has 1 fully saturated rings. The first-order valence-corrected chi connectivity index (χ1v) is 6.90. The molecule has 1 N–H and O–H groups in total. The van der Waals surface area contributed by atoms with E-state index in [9.17, 15) is 0 Å². The van der Waals surface area contributed by atoms with Gasteiger partial charge in [0.1, 0.15) is 0 Å². The quantitative estimate of drug-likeness (QED) is 0.851. The highest BCUT2D eigenvalue weighted by Gasteiger charge is 2.24. The van der Waals surface area contributed by atoms with Gasteiger partial charge in [0.15, 0.2) is 0 Å². The molecule has 0 aliphatic carbocycles. The van der Waals surface area contributed by atoms with Gasteiger partial charge in [-0.1, -0.05) is 6.92 Å². The van der Waals surface area contributed by atoms with Crippen molar-refractivity contribution in [2.24, 2.45) is 0 Å². The highest BCUT2D eigenvalue weighted by molar-refractivity contribution is 7.11. The molecule has 0 radical (unpaired) electrons. The Labute approximate surface area is 102 Å². The first-order valence-electron chi connectivity index (χ1n) is 6.08. The van der Waals surface area contributed by atoms with Gasteiger partial charge in [-0.05, 0) is 26.8 Å². The lowest BCUT2D eigenvalue weighted by Gasteiger charge is -2.38. The van der Waals surface area contributed by atoms with E-state index in [0.29, 0.717) is 0 Å². The van der Waals surface area contributed by atoms with E-state index in [-0.39, 0.29) is 0 Å². The van der Waals surface area contributed by atoms with Gasteiger partial charge in [0.25, 0.3) is 0 Å². The monoisotopic (exact) mass is 239 g/mol. The van der Waals surface area contributed by atoms with Crippen LogP contribution in [-0.2, 0) is 6.54 Å². The van der Waals surface area contributed by atoms with Gasteiger partial charge in [-0.3, -0.25) is 4.90 Å². The second-order valence-electron chi connectivity index (χ2n) is 4.52. The molecule has 0 unspecified atom stereocenters. The van der Waals surface area contributed by atoms with Crippen molar-refractivity contribution in [2.45, 2.75) is 39.8 Å². The van der Waals surface area contributed by atoms with Crippen LogP contribution < -0.4 is 5.32 Å². The minimum atomic E-state index is 0.738. The number of aromatic nitrogens is 1. The Balaban J connectivity index is 2.01. The summed E-state index contributed by atoms with van der Waals surface area (Å²) in [4.78, 5) is 8.54. The van der Waals surface area contributed by atoms with E-state index in [4.69, 9.17) is 0 Å². The molecule has 2 rings (SSSR count). The van der Waals surface area contributed by atoms with Gasteiger partial charge in [0, 0.05) is 30.6 Å². The topological polar surface area (TPSA) is 28.2 Å². The van der Waals surface area contributed by atoms with Crippen LogP contribution in [0.15, 0.2) is 0 Å². The van der Waals surface area contributed by atoms with Crippen LogP contribution in [-0.4, -0.2) is 35.6 Å². The molecule has 3 nitrogen and oxygen atoms in total. The zero-order valence-corrected chi connectivity index (χ0v) is 11.2. The summed E-state index contributed by atoms with van der Waals surface area (Å²) in [6.45, 7) is 11.1. The van der Waals surface area contributed by atoms with E-state index in [1.54, 1.807) is 0 Å². The predicted molar refractivity (Wildman–Crippen MR) is 68.9 cm³/mol. The van der Waals surface area contributed by atoms with E-state index in [0.717, 1.165) is 25.7 Å². The highest BCUT2D eigenvalue weighted by atomic mass is 32.1. The van der Waals surface area contributed by atoms with E-state index in [2.05, 4.69) is 36.0 Å². The Hall–Kier alpha value is -0.450. The maximum Gasteiger partial charge on any atom is 0.0900 e. The van der Waals surface area contributed by atoms with Crippen molar-refractivity contribution in [3.63, 3.8) is 0 Å². The number of hydrogen-bond acceptors (Lipinski definition) is 4. The third-order valence-corrected chi connectivity index (χ3v) is 4.19. The first kappa shape index (κ1) is 12.0. The van der Waals surface area contributed by atoms with Crippen molar-refractivity contribution in [3.8, 4) is 0 Å². The Morgan fingerprint density at radius 2 is 2.19 bits per heavy atom. The molecule has 1 aliphatic rings. The van der Waals surface area contributed by atoms with Gasteiger partial charge in [-0.15, -0.1) is 11.3 Å². The molecular weight excluding hydrogens is 218 g/mol. The standard InChI is InChI=1S/C12H21N3S/c1-4-5-15(11-6-13-7-11)8-12-9(2)14-10(3)16-12/h11,13H,4-8H2,1-3H3. The molecule has 0 bridgehead atoms. The summed E-state index contributed by atoms with van der Waals surface area (Å²) in [6.07, 6.45) is 1.23. The molecule has 0 amide bonds. The van der Waals surface area contributed by atoms with E-state index >= 15 is 0 Å². The summed E-state index contributed by atoms with van der Waals surface area (Å²) in [5, 5.41) is 4.54. The average molecular weight is 239 g/mol. The van der Waals surface area contributed by atoms with Crippen molar-refractivity contribution >= 4 is 11.3 Å². The van der Waals surface area contributed by atoms with Crippen LogP contribution in [0, 0.1) is 13.8 Å². The molecule has 1 aromatic heterocycles. The Morgan fingerprint density at radius 1 is 1.44 bits per heavy atom. The summed E-state index contributed by atoms with van der Waals surface area (Å²) in [5.74, 6) is 0. The van der Waals surface area contributed by atoms with Crippen LogP contribution in [0.3, 0.4) is 0 Å². The first-order chi connectivity index (χ1) is 7.70. The Bertz CT molecular complexity index is 344. The fourth-order valence-corrected chi connectivity index (χ4v) is 3.08. The minimum absolute atomic E-state index is 0.738. The molecule has 1 aliphatic heterocycles. The summed E-state index contributed by atoms with van der Waals surface area (Å²) >= 11 is 1.85. The van der Waals surface area contributed by atoms with Crippen molar-refractivity contribution in [2.75, 3.05) is 19.6 Å². The largest absolute Gasteiger partial charge is 0.314 e. The van der Waals surface area contributed by atoms with Crippen molar-refractivity contribution in [1.82, 2.24) is 15.2 Å². The molecule has 0 saturated carbocycles. The fourth-order valence-electron chi connectivity index (χ4n) is 2.11. The summed E-state index contributed by atoms with van der Waals surface area (Å²) in [5.41, 5.74) is 1.22. The smallest absolute Gasteiger partial charge is 0.0900 e. The molecule has 0 aromatic carbocycles. The maximum atomic E-state index is 4.50. The third-order valence-electron chi connectivity index (χ3n) is 3.13. The second kappa shape index (κ2) is 5.25. The van der Waals surface area contributed by atoms with Gasteiger partial charge in [0.05, 0.1) is 10.7 Å². The van der Waals surface area contributed by atoms with Gasteiger partial charge in [-0.2, -0.15) is 0 Å². The van der Waals surface area contributed by atoms with Gasteiger partial charge in [-0.25, -0.2) is 4.98 Å². The zero-order valence-electron chi connectivity index (χ0n) is 10.4. The number of nitrogens with one attached hydrogen (secondary N) is 1. The lowest BCUT2D eigenvalue weighted by atomic mass is 10.1. The summed E-state index contributed by atoms with van der Waals surface area (Å²) in [7, 11) is 0. The average Bonchev–Trinajstić information content (AvgIpc) is 2.42. The van der Waals surface area contributed by atoms with Crippen LogP contribution in [0.1, 0.15) is 28.9 Å². The number of aryl methyl sites for hydroxylation is 2. The number of rotatable bonds is 5. The number of hydrogen-bond donors (Lipinski definition) is 1. The highest BCUT2D eigenvalue weighted by Crippen LogP contribution is 2.21. The summed E-state index contributed by atoms with van der Waals surface area (Å²) in [6, 6.07) is 0.738. The zero-order chi connectivity index (χ0) is 11.5. The third kappa shape index (κ3) is 2.62. The van der Waals surface area contributed by atoms with Crippen molar-refractivity contribution < 1.29 is 0 Å². The van der Waals surface area contributed by atoms with E-state index in [1.165, 1.54) is 28.5 Å². The van der Waals surface area contributed by atoms with Crippen molar-refractivity contribution in [1.29, 1.82) is 0 Å². The lowest BCUT2D eigenvalue weighted by Crippen LogP contribution is -2.56. The molecular formula is C12H21N3S. The van der Waals surface area contributed by atoms with Crippen LogP contribution in [0.5, 0.6) is 0 Å². The van der Waals surface area contributed by atoms with Gasteiger partial charge >= 0.3 is 0 Å². The van der Waals surface area contributed by atoms with Crippen LogP contribution >= 0.6 is 11.3 Å². The van der Waals surface area contributed by atoms with Crippen LogP contribution in [0.25, 0.3) is 0 Å². The summed E-state index contributed by atoms with van der Waals surface area (Å²) < 4.78 is 0. The molecule has 16 heavy (non-hydrogen) atoms. The number of thiazole rings is 1. The maximum absolute atomic E-state index is 4.50. The SMILES string of the molecule is CCCN(Cc1sc(C)nc1C)C1CNC1. The number of nitrogens with zero attached hydrogens (tertiary/aromatic N) is 2. The molecule has 1 saturated heterocycles. The molecule has 0 atom stereocenters. The van der Waals surface area contributed by atoms with Crippen molar-refractivity contribution in [3.05, 3.63) is 15.6 Å². The molecule has 4 heteroatoms. The lowest BCUT2D eigenvalue weighted by molar-refractivity contribution is 0.139. The Morgan fingerprint density at radius 3 is 2.62 bits per heavy atom. The van der Waals surface area contributed by atoms with E-state index in [1.807, 2.05) is 11.3 Å². The normalized spacial score (nSPS) is 16.8. The Kier molecular flexibility index (Phi) is 3.95. The molecule has 90 valence electrons. The van der Waals surface area contributed by atoms with Crippen LogP contribution in [0.2, 0.25) is 0 Å². The van der Waals surface area contributed by atoms with Crippen LogP contribution in [0.4, 0.5) is 0 Å². The molecule has 2 heterocycles. The fraction of sp³-hybridized carbons (Fsp3) is 0.750. The molecule has 1 aromatic rings. The van der Waals surface area contributed by atoms with Gasteiger partial charge < -0.3 is 5.32 Å². The second-order valence-corrected chi connectivity index (χ2v) is 5.81. The minimum Gasteiger partial charge on any atom is -0.314 e. The predicted octanol–water partition coefficient (Wildman–Crippen LogP) is 1.94. The molecule has 0 spiro atoms.